The van der Waals surface area contributed by atoms with Gasteiger partial charge in [0.05, 0.1) is 18.4 Å². The Kier molecular flexibility index (Phi) is 5.46. The van der Waals surface area contributed by atoms with Gasteiger partial charge in [-0.05, 0) is 29.3 Å². The molecule has 10 heteroatoms. The van der Waals surface area contributed by atoms with Crippen LogP contribution in [0, 0.1) is 6.92 Å². The van der Waals surface area contributed by atoms with E-state index < -0.39 is 0 Å². The molecule has 1 amide bonds. The summed E-state index contributed by atoms with van der Waals surface area (Å²) in [5.74, 6) is 0.212. The lowest BCUT2D eigenvalue weighted by molar-refractivity contribution is 0.102. The largest absolute Gasteiger partial charge is 0.318 e. The van der Waals surface area contributed by atoms with Crippen LogP contribution in [-0.4, -0.2) is 45.7 Å². The zero-order chi connectivity index (χ0) is 22.6. The van der Waals surface area contributed by atoms with Gasteiger partial charge in [0.15, 0.2) is 12.4 Å². The smallest absolute Gasteiger partial charge is 0.276 e. The average Bonchev–Trinajstić information content (AvgIpc) is 3.58. The molecule has 0 radical (unpaired) electrons. The van der Waals surface area contributed by atoms with Crippen LogP contribution < -0.4 is 5.32 Å². The third kappa shape index (κ3) is 4.69. The monoisotopic (exact) mass is 439 g/mol. The number of hydrogen-bond donors (Lipinski definition) is 1. The Labute approximate surface area is 189 Å². The fraction of sp³-hybridized carbons (Fsp3) is 0.130. The predicted molar refractivity (Wildman–Crippen MR) is 121 cm³/mol. The summed E-state index contributed by atoms with van der Waals surface area (Å²) in [7, 11) is 0. The lowest BCUT2D eigenvalue weighted by atomic mass is 10.1. The summed E-state index contributed by atoms with van der Waals surface area (Å²) in [6.07, 6.45) is 5.12. The first kappa shape index (κ1) is 20.3. The van der Waals surface area contributed by atoms with Gasteiger partial charge in [-0.2, -0.15) is 10.2 Å². The van der Waals surface area contributed by atoms with E-state index >= 15 is 0 Å². The Bertz CT molecular complexity index is 1380. The molecule has 0 aliphatic heterocycles. The van der Waals surface area contributed by atoms with Crippen molar-refractivity contribution in [2.24, 2.45) is 0 Å². The first-order valence-electron chi connectivity index (χ1n) is 10.4. The van der Waals surface area contributed by atoms with Crippen LogP contribution >= 0.6 is 0 Å². The number of rotatable bonds is 7. The first-order valence-corrected chi connectivity index (χ1v) is 10.4. The molecule has 0 saturated heterocycles. The number of aryl methyl sites for hydroxylation is 1. The number of benzene rings is 2. The average molecular weight is 439 g/mol. The van der Waals surface area contributed by atoms with E-state index in [9.17, 15) is 4.79 Å². The Morgan fingerprint density at radius 2 is 1.79 bits per heavy atom. The first-order chi connectivity index (χ1) is 16.1. The quantitative estimate of drug-likeness (QED) is 0.418. The normalized spacial score (nSPS) is 10.9. The van der Waals surface area contributed by atoms with Crippen molar-refractivity contribution in [2.45, 2.75) is 20.1 Å². The SMILES string of the molecule is Cc1ccccc1Cn1cc(NC(=O)c2ccn(Cn3nnc(-c4ccccc4)n3)n2)cn1. The van der Waals surface area contributed by atoms with Gasteiger partial charge in [0.25, 0.3) is 5.91 Å². The molecule has 0 bridgehead atoms. The fourth-order valence-electron chi connectivity index (χ4n) is 3.37. The van der Waals surface area contributed by atoms with Gasteiger partial charge in [0.2, 0.25) is 5.82 Å². The van der Waals surface area contributed by atoms with Gasteiger partial charge in [-0.3, -0.25) is 9.48 Å². The van der Waals surface area contributed by atoms with Crippen LogP contribution in [-0.2, 0) is 13.2 Å². The summed E-state index contributed by atoms with van der Waals surface area (Å²) >= 11 is 0. The van der Waals surface area contributed by atoms with E-state index in [1.54, 1.807) is 34.0 Å². The van der Waals surface area contributed by atoms with E-state index in [1.165, 1.54) is 15.9 Å². The minimum atomic E-state index is -0.319. The molecule has 0 fully saturated rings. The number of anilines is 1. The van der Waals surface area contributed by atoms with Crippen LogP contribution in [0.2, 0.25) is 0 Å². The maximum Gasteiger partial charge on any atom is 0.276 e. The van der Waals surface area contributed by atoms with Crippen LogP contribution in [0.25, 0.3) is 11.4 Å². The molecule has 5 aromatic rings. The van der Waals surface area contributed by atoms with Crippen molar-refractivity contribution < 1.29 is 4.79 Å². The molecule has 2 aromatic carbocycles. The summed E-state index contributed by atoms with van der Waals surface area (Å²) in [6.45, 7) is 2.93. The van der Waals surface area contributed by atoms with Crippen LogP contribution in [0.15, 0.2) is 79.3 Å². The zero-order valence-corrected chi connectivity index (χ0v) is 17.9. The minimum absolute atomic E-state index is 0.238. The fourth-order valence-corrected chi connectivity index (χ4v) is 3.37. The van der Waals surface area contributed by atoms with Gasteiger partial charge >= 0.3 is 0 Å². The van der Waals surface area contributed by atoms with Gasteiger partial charge in [-0.15, -0.1) is 15.0 Å². The third-order valence-corrected chi connectivity index (χ3v) is 5.11. The minimum Gasteiger partial charge on any atom is -0.318 e. The highest BCUT2D eigenvalue weighted by molar-refractivity contribution is 6.02. The number of nitrogens with one attached hydrogen (secondary N) is 1. The van der Waals surface area contributed by atoms with E-state index in [2.05, 4.69) is 50.0 Å². The van der Waals surface area contributed by atoms with E-state index in [0.29, 0.717) is 18.1 Å². The molecule has 10 nitrogen and oxygen atoms in total. The maximum absolute atomic E-state index is 12.6. The second kappa shape index (κ2) is 8.87. The van der Waals surface area contributed by atoms with Gasteiger partial charge in [-0.1, -0.05) is 54.6 Å². The van der Waals surface area contributed by atoms with Crippen molar-refractivity contribution in [3.8, 4) is 11.4 Å². The Morgan fingerprint density at radius 3 is 2.64 bits per heavy atom. The highest BCUT2D eigenvalue weighted by Gasteiger charge is 2.12. The predicted octanol–water partition coefficient (Wildman–Crippen LogP) is 2.85. The van der Waals surface area contributed by atoms with Gasteiger partial charge < -0.3 is 5.32 Å². The summed E-state index contributed by atoms with van der Waals surface area (Å²) in [5, 5.41) is 24.0. The number of carbonyl (C=O) groups is 1. The van der Waals surface area contributed by atoms with Crippen molar-refractivity contribution in [3.05, 3.63) is 96.1 Å². The zero-order valence-electron chi connectivity index (χ0n) is 17.9. The summed E-state index contributed by atoms with van der Waals surface area (Å²) in [6, 6.07) is 19.4. The third-order valence-electron chi connectivity index (χ3n) is 5.11. The van der Waals surface area contributed by atoms with Crippen molar-refractivity contribution >= 4 is 11.6 Å². The van der Waals surface area contributed by atoms with Crippen molar-refractivity contribution in [1.82, 2.24) is 39.8 Å². The molecule has 1 N–H and O–H groups in total. The molecule has 164 valence electrons. The van der Waals surface area contributed by atoms with Crippen molar-refractivity contribution in [3.63, 3.8) is 0 Å². The summed E-state index contributed by atoms with van der Waals surface area (Å²) < 4.78 is 3.37. The molecule has 0 spiro atoms. The van der Waals surface area contributed by atoms with Gasteiger partial charge in [-0.25, -0.2) is 4.68 Å². The van der Waals surface area contributed by atoms with Gasteiger partial charge in [0.1, 0.15) is 0 Å². The van der Waals surface area contributed by atoms with Gasteiger partial charge in [0, 0.05) is 18.0 Å². The molecule has 5 rings (SSSR count). The standard InChI is InChI=1S/C23H21N9O/c1-17-7-5-6-10-19(17)14-31-15-20(13-24-31)25-23(33)21-11-12-30(27-21)16-32-28-22(26-29-32)18-8-3-2-4-9-18/h2-13,15H,14,16H2,1H3,(H,25,33). The van der Waals surface area contributed by atoms with E-state index in [4.69, 9.17) is 0 Å². The van der Waals surface area contributed by atoms with Crippen molar-refractivity contribution in [1.29, 1.82) is 0 Å². The molecular weight excluding hydrogens is 418 g/mol. The maximum atomic E-state index is 12.6. The van der Waals surface area contributed by atoms with Crippen LogP contribution in [0.4, 0.5) is 5.69 Å². The lowest BCUT2D eigenvalue weighted by Crippen LogP contribution is -2.15. The lowest BCUT2D eigenvalue weighted by Gasteiger charge is -2.05. The number of tetrazole rings is 1. The van der Waals surface area contributed by atoms with E-state index in [0.717, 1.165) is 5.56 Å². The summed E-state index contributed by atoms with van der Waals surface area (Å²) in [5.41, 5.74) is 4.14. The Balaban J connectivity index is 1.21. The highest BCUT2D eigenvalue weighted by atomic mass is 16.2. The van der Waals surface area contributed by atoms with E-state index in [1.807, 2.05) is 42.5 Å². The number of carbonyl (C=O) groups excluding carboxylic acids is 1. The second-order valence-electron chi connectivity index (χ2n) is 7.54. The van der Waals surface area contributed by atoms with Crippen molar-refractivity contribution in [2.75, 3.05) is 5.32 Å². The molecule has 0 atom stereocenters. The number of nitrogens with zero attached hydrogens (tertiary/aromatic N) is 8. The van der Waals surface area contributed by atoms with E-state index in [-0.39, 0.29) is 18.3 Å². The molecule has 3 heterocycles. The van der Waals surface area contributed by atoms with Crippen LogP contribution in [0.1, 0.15) is 21.6 Å². The van der Waals surface area contributed by atoms with Crippen LogP contribution in [0.3, 0.4) is 0 Å². The molecule has 33 heavy (non-hydrogen) atoms. The second-order valence-corrected chi connectivity index (χ2v) is 7.54. The molecule has 0 aliphatic rings. The molecule has 0 saturated carbocycles. The molecule has 0 unspecified atom stereocenters. The number of hydrogen-bond acceptors (Lipinski definition) is 6. The number of aromatic nitrogens is 8. The topological polar surface area (TPSA) is 108 Å². The number of amides is 1. The molecule has 0 aliphatic carbocycles. The molecule has 3 aromatic heterocycles. The Hall–Kier alpha value is -4.60. The molecular formula is C23H21N9O. The Morgan fingerprint density at radius 1 is 0.970 bits per heavy atom. The van der Waals surface area contributed by atoms with Crippen LogP contribution in [0.5, 0.6) is 0 Å². The highest BCUT2D eigenvalue weighted by Crippen LogP contribution is 2.13. The summed E-state index contributed by atoms with van der Waals surface area (Å²) in [4.78, 5) is 14.0.